The van der Waals surface area contributed by atoms with Crippen LogP contribution in [0.1, 0.15) is 53.0 Å². The summed E-state index contributed by atoms with van der Waals surface area (Å²) in [6.07, 6.45) is -0.904. The highest BCUT2D eigenvalue weighted by molar-refractivity contribution is 5.99. The number of fused-ring (bicyclic) bond motifs is 2. The number of anilines is 1. The van der Waals surface area contributed by atoms with Crippen LogP contribution in [0.4, 0.5) is 18.9 Å². The van der Waals surface area contributed by atoms with Crippen LogP contribution in [0, 0.1) is 0 Å². The third-order valence-electron chi connectivity index (χ3n) is 5.65. The molecule has 28 heavy (non-hydrogen) atoms. The third-order valence-corrected chi connectivity index (χ3v) is 5.65. The molecular weight excluding hydrogens is 369 g/mol. The number of rotatable bonds is 3. The maximum atomic E-state index is 13.7. The molecule has 1 aromatic carbocycles. The highest BCUT2D eigenvalue weighted by atomic mass is 19.4. The first-order valence-electron chi connectivity index (χ1n) is 9.46. The smallest absolute Gasteiger partial charge is 0.364 e. The molecule has 2 aromatic rings. The molecule has 2 aliphatic heterocycles. The zero-order valence-electron chi connectivity index (χ0n) is 16.2. The molecule has 0 saturated carbocycles. The molecule has 1 aromatic heterocycles. The predicted octanol–water partition coefficient (Wildman–Crippen LogP) is 3.76. The lowest BCUT2D eigenvalue weighted by Crippen LogP contribution is -2.31. The number of benzene rings is 1. The van der Waals surface area contributed by atoms with Crippen LogP contribution < -0.4 is 4.90 Å². The molecule has 0 saturated heterocycles. The minimum atomic E-state index is -4.49. The maximum absolute atomic E-state index is 13.7. The summed E-state index contributed by atoms with van der Waals surface area (Å²) in [4.78, 5) is 16.2. The van der Waals surface area contributed by atoms with Gasteiger partial charge in [0.25, 0.3) is 5.91 Å². The number of hydrogen-bond acceptors (Lipinski definition) is 3. The van der Waals surface area contributed by atoms with Crippen molar-refractivity contribution in [3.8, 4) is 0 Å². The molecule has 0 spiro atoms. The van der Waals surface area contributed by atoms with Crippen LogP contribution in [0.3, 0.4) is 0 Å². The number of alkyl halides is 3. The second-order valence-electron chi connectivity index (χ2n) is 7.82. The zero-order chi connectivity index (χ0) is 20.2. The van der Waals surface area contributed by atoms with E-state index >= 15 is 0 Å². The normalized spacial score (nSPS) is 16.8. The Morgan fingerprint density at radius 2 is 2.00 bits per heavy atom. The van der Waals surface area contributed by atoms with Crippen molar-refractivity contribution in [1.29, 1.82) is 0 Å². The van der Waals surface area contributed by atoms with Gasteiger partial charge in [-0.3, -0.25) is 9.48 Å². The van der Waals surface area contributed by atoms with Gasteiger partial charge in [0, 0.05) is 38.3 Å². The van der Waals surface area contributed by atoms with Crippen LogP contribution in [-0.4, -0.2) is 33.2 Å². The minimum absolute atomic E-state index is 0.0113. The lowest BCUT2D eigenvalue weighted by molar-refractivity contribution is -0.138. The molecule has 5 nitrogen and oxygen atoms in total. The molecule has 3 heterocycles. The molecule has 150 valence electrons. The number of nitrogens with zero attached hydrogens (tertiary/aromatic N) is 4. The van der Waals surface area contributed by atoms with Crippen molar-refractivity contribution < 1.29 is 18.0 Å². The van der Waals surface area contributed by atoms with Gasteiger partial charge in [-0.2, -0.15) is 18.3 Å². The fourth-order valence-electron chi connectivity index (χ4n) is 4.20. The Labute approximate surface area is 161 Å². The Morgan fingerprint density at radius 1 is 1.25 bits per heavy atom. The Balaban J connectivity index is 1.73. The van der Waals surface area contributed by atoms with Crippen molar-refractivity contribution in [1.82, 2.24) is 14.7 Å². The van der Waals surface area contributed by atoms with Gasteiger partial charge in [0.15, 0.2) is 0 Å². The number of halogens is 3. The van der Waals surface area contributed by atoms with Crippen LogP contribution in [0.2, 0.25) is 0 Å². The van der Waals surface area contributed by atoms with Gasteiger partial charge in [0.05, 0.1) is 23.1 Å². The number of hydrogen-bond donors (Lipinski definition) is 0. The van der Waals surface area contributed by atoms with E-state index in [0.717, 1.165) is 30.8 Å². The Morgan fingerprint density at radius 3 is 2.68 bits per heavy atom. The quantitative estimate of drug-likeness (QED) is 0.799. The van der Waals surface area contributed by atoms with E-state index in [9.17, 15) is 18.0 Å². The van der Waals surface area contributed by atoms with Gasteiger partial charge in [0.1, 0.15) is 0 Å². The summed E-state index contributed by atoms with van der Waals surface area (Å²) in [5.41, 5.74) is 2.13. The number of carbonyl (C=O) groups excluding carboxylic acids is 1. The Kier molecular flexibility index (Phi) is 4.39. The molecule has 0 fully saturated rings. The van der Waals surface area contributed by atoms with Gasteiger partial charge in [-0.1, -0.05) is 0 Å². The topological polar surface area (TPSA) is 41.4 Å². The van der Waals surface area contributed by atoms with Crippen molar-refractivity contribution in [3.63, 3.8) is 0 Å². The average Bonchev–Trinajstić information content (AvgIpc) is 3.16. The van der Waals surface area contributed by atoms with E-state index in [2.05, 4.69) is 5.10 Å². The summed E-state index contributed by atoms with van der Waals surface area (Å²) in [5.74, 6) is -0.321. The second-order valence-corrected chi connectivity index (χ2v) is 7.82. The summed E-state index contributed by atoms with van der Waals surface area (Å²) in [7, 11) is 1.87. The van der Waals surface area contributed by atoms with Crippen LogP contribution >= 0.6 is 0 Å². The van der Waals surface area contributed by atoms with E-state index in [1.807, 2.05) is 30.5 Å². The summed E-state index contributed by atoms with van der Waals surface area (Å²) >= 11 is 0. The molecule has 0 atom stereocenters. The van der Waals surface area contributed by atoms with Gasteiger partial charge in [0.2, 0.25) is 0 Å². The van der Waals surface area contributed by atoms with E-state index < -0.39 is 11.7 Å². The third kappa shape index (κ3) is 3.04. The van der Waals surface area contributed by atoms with Gasteiger partial charge < -0.3 is 9.80 Å². The summed E-state index contributed by atoms with van der Waals surface area (Å²) in [6.45, 7) is 4.72. The van der Waals surface area contributed by atoms with Crippen molar-refractivity contribution in [2.24, 2.45) is 7.05 Å². The highest BCUT2D eigenvalue weighted by Gasteiger charge is 2.40. The van der Waals surface area contributed by atoms with E-state index in [-0.39, 0.29) is 29.6 Å². The number of amides is 1. The SMILES string of the molecule is CC(C)N1Cc2c(cc(CN3CCCc4c3cnn4C)cc2C(F)(F)F)C1=O. The molecule has 0 unspecified atom stereocenters. The minimum Gasteiger partial charge on any atom is -0.364 e. The molecule has 8 heteroatoms. The first-order valence-corrected chi connectivity index (χ1v) is 9.46. The first kappa shape index (κ1) is 18.8. The molecule has 0 aliphatic carbocycles. The molecule has 0 N–H and O–H groups in total. The molecule has 2 aliphatic rings. The van der Waals surface area contributed by atoms with E-state index in [1.54, 1.807) is 12.3 Å². The zero-order valence-corrected chi connectivity index (χ0v) is 16.2. The lowest BCUT2D eigenvalue weighted by Gasteiger charge is -2.29. The predicted molar refractivity (Wildman–Crippen MR) is 99.0 cm³/mol. The largest absolute Gasteiger partial charge is 0.416 e. The van der Waals surface area contributed by atoms with Crippen LogP contribution in [0.15, 0.2) is 18.3 Å². The highest BCUT2D eigenvalue weighted by Crippen LogP contribution is 2.39. The number of aromatic nitrogens is 2. The van der Waals surface area contributed by atoms with Crippen molar-refractivity contribution >= 4 is 11.6 Å². The standard InChI is InChI=1S/C20H23F3N4O/c1-12(2)27-11-15-14(19(27)28)7-13(8-16(15)20(21,22)23)10-26-6-4-5-17-18(26)9-24-25(17)3/h7-9,12H,4-6,10-11H2,1-3H3. The van der Waals surface area contributed by atoms with E-state index in [0.29, 0.717) is 12.1 Å². The molecule has 4 rings (SSSR count). The van der Waals surface area contributed by atoms with Gasteiger partial charge in [-0.05, 0) is 49.9 Å². The monoisotopic (exact) mass is 392 g/mol. The van der Waals surface area contributed by atoms with E-state index in [1.165, 1.54) is 11.0 Å². The molecule has 1 amide bonds. The number of carbonyl (C=O) groups is 1. The second kappa shape index (κ2) is 6.53. The molecule has 0 bridgehead atoms. The summed E-state index contributed by atoms with van der Waals surface area (Å²) < 4.78 is 43.0. The molecule has 0 radical (unpaired) electrons. The fourth-order valence-corrected chi connectivity index (χ4v) is 4.20. The fraction of sp³-hybridized carbons (Fsp3) is 0.500. The Bertz CT molecular complexity index is 932. The van der Waals surface area contributed by atoms with Gasteiger partial charge in [-0.25, -0.2) is 0 Å². The van der Waals surface area contributed by atoms with Crippen molar-refractivity contribution in [2.45, 2.75) is 52.0 Å². The lowest BCUT2D eigenvalue weighted by atomic mass is 9.98. The summed E-state index contributed by atoms with van der Waals surface area (Å²) in [6, 6.07) is 2.70. The first-order chi connectivity index (χ1) is 13.2. The van der Waals surface area contributed by atoms with Crippen molar-refractivity contribution in [2.75, 3.05) is 11.4 Å². The van der Waals surface area contributed by atoms with Crippen LogP contribution in [0.25, 0.3) is 0 Å². The van der Waals surface area contributed by atoms with Crippen LogP contribution in [-0.2, 0) is 32.7 Å². The maximum Gasteiger partial charge on any atom is 0.416 e. The van der Waals surface area contributed by atoms with Crippen LogP contribution in [0.5, 0.6) is 0 Å². The van der Waals surface area contributed by atoms with Gasteiger partial charge in [-0.15, -0.1) is 0 Å². The average molecular weight is 392 g/mol. The Hall–Kier alpha value is -2.51. The number of aryl methyl sites for hydroxylation is 1. The van der Waals surface area contributed by atoms with Crippen molar-refractivity contribution in [3.05, 3.63) is 46.3 Å². The molecular formula is C20H23F3N4O. The summed E-state index contributed by atoms with van der Waals surface area (Å²) in [5, 5.41) is 4.28. The van der Waals surface area contributed by atoms with Gasteiger partial charge >= 0.3 is 6.18 Å². The van der Waals surface area contributed by atoms with E-state index in [4.69, 9.17) is 0 Å².